The van der Waals surface area contributed by atoms with E-state index in [9.17, 15) is 5.11 Å². The summed E-state index contributed by atoms with van der Waals surface area (Å²) in [6.45, 7) is 1.85. The van der Waals surface area contributed by atoms with Crippen molar-refractivity contribution >= 4 is 5.69 Å². The summed E-state index contributed by atoms with van der Waals surface area (Å²) in [5.41, 5.74) is 8.32. The monoisotopic (exact) mass is 178 g/mol. The maximum Gasteiger partial charge on any atom is 0.143 e. The van der Waals surface area contributed by atoms with Crippen molar-refractivity contribution in [3.05, 3.63) is 23.3 Å². The number of phenols is 1. The minimum Gasteiger partial charge on any atom is -0.505 e. The first-order chi connectivity index (χ1) is 6.18. The molecule has 13 heavy (non-hydrogen) atoms. The van der Waals surface area contributed by atoms with Crippen molar-refractivity contribution in [2.75, 3.05) is 19.3 Å². The Labute approximate surface area is 77.8 Å². The van der Waals surface area contributed by atoms with Crippen molar-refractivity contribution in [3.8, 4) is 5.75 Å². The standard InChI is InChI=1S/C10H14N2O/c1-12-5-4-7-2-3-9(11)10(13)8(7)6-12/h2-3,13H,4-6,11H2,1H3. The minimum absolute atomic E-state index is 0.268. The molecule has 0 amide bonds. The van der Waals surface area contributed by atoms with E-state index in [4.69, 9.17) is 5.73 Å². The van der Waals surface area contributed by atoms with Gasteiger partial charge >= 0.3 is 0 Å². The molecule has 1 aromatic carbocycles. The molecular weight excluding hydrogens is 164 g/mol. The van der Waals surface area contributed by atoms with Gasteiger partial charge in [0.15, 0.2) is 0 Å². The Bertz CT molecular complexity index is 336. The zero-order valence-electron chi connectivity index (χ0n) is 7.75. The third kappa shape index (κ3) is 1.35. The lowest BCUT2D eigenvalue weighted by atomic mass is 9.98. The van der Waals surface area contributed by atoms with Crippen LogP contribution in [0.5, 0.6) is 5.75 Å². The van der Waals surface area contributed by atoms with Gasteiger partial charge in [0.05, 0.1) is 5.69 Å². The largest absolute Gasteiger partial charge is 0.505 e. The average molecular weight is 178 g/mol. The number of anilines is 1. The molecule has 2 rings (SSSR count). The van der Waals surface area contributed by atoms with Crippen LogP contribution in [-0.4, -0.2) is 23.6 Å². The fourth-order valence-electron chi connectivity index (χ4n) is 1.77. The quantitative estimate of drug-likeness (QED) is 0.459. The maximum atomic E-state index is 9.71. The van der Waals surface area contributed by atoms with E-state index >= 15 is 0 Å². The Morgan fingerprint density at radius 2 is 2.23 bits per heavy atom. The average Bonchev–Trinajstić information content (AvgIpc) is 2.12. The van der Waals surface area contributed by atoms with Crippen LogP contribution < -0.4 is 5.73 Å². The zero-order chi connectivity index (χ0) is 9.42. The van der Waals surface area contributed by atoms with E-state index in [0.29, 0.717) is 5.69 Å². The fraction of sp³-hybridized carbons (Fsp3) is 0.400. The molecule has 1 aliphatic heterocycles. The highest BCUT2D eigenvalue weighted by atomic mass is 16.3. The van der Waals surface area contributed by atoms with Crippen molar-refractivity contribution in [1.29, 1.82) is 0 Å². The van der Waals surface area contributed by atoms with Gasteiger partial charge in [-0.25, -0.2) is 0 Å². The van der Waals surface area contributed by atoms with E-state index in [1.807, 2.05) is 13.1 Å². The SMILES string of the molecule is CN1CCc2ccc(N)c(O)c2C1. The lowest BCUT2D eigenvalue weighted by Gasteiger charge is -2.25. The van der Waals surface area contributed by atoms with Crippen LogP contribution in [0.25, 0.3) is 0 Å². The molecular formula is C10H14N2O. The molecule has 0 unspecified atom stereocenters. The van der Waals surface area contributed by atoms with E-state index < -0.39 is 0 Å². The molecule has 3 heteroatoms. The zero-order valence-corrected chi connectivity index (χ0v) is 7.75. The first-order valence-corrected chi connectivity index (χ1v) is 4.46. The molecule has 0 aliphatic carbocycles. The second-order valence-electron chi connectivity index (χ2n) is 3.63. The van der Waals surface area contributed by atoms with Crippen LogP contribution in [0.2, 0.25) is 0 Å². The number of rotatable bonds is 0. The van der Waals surface area contributed by atoms with E-state index in [0.717, 1.165) is 25.1 Å². The van der Waals surface area contributed by atoms with E-state index in [-0.39, 0.29) is 5.75 Å². The van der Waals surface area contributed by atoms with Crippen molar-refractivity contribution in [2.45, 2.75) is 13.0 Å². The van der Waals surface area contributed by atoms with Crippen LogP contribution in [0.1, 0.15) is 11.1 Å². The van der Waals surface area contributed by atoms with Crippen LogP contribution in [0.4, 0.5) is 5.69 Å². The number of aromatic hydroxyl groups is 1. The third-order valence-electron chi connectivity index (χ3n) is 2.60. The molecule has 0 aromatic heterocycles. The lowest BCUT2D eigenvalue weighted by molar-refractivity contribution is 0.305. The van der Waals surface area contributed by atoms with E-state index in [1.165, 1.54) is 5.56 Å². The van der Waals surface area contributed by atoms with Crippen LogP contribution in [-0.2, 0) is 13.0 Å². The first kappa shape index (κ1) is 8.38. The van der Waals surface area contributed by atoms with Gasteiger partial charge < -0.3 is 15.7 Å². The Hall–Kier alpha value is -1.22. The molecule has 0 saturated carbocycles. The van der Waals surface area contributed by atoms with E-state index in [2.05, 4.69) is 4.90 Å². The third-order valence-corrected chi connectivity index (χ3v) is 2.60. The normalized spacial score (nSPS) is 17.0. The summed E-state index contributed by atoms with van der Waals surface area (Å²) >= 11 is 0. The molecule has 0 spiro atoms. The molecule has 0 atom stereocenters. The minimum atomic E-state index is 0.268. The summed E-state index contributed by atoms with van der Waals surface area (Å²) in [5, 5.41) is 9.71. The Morgan fingerprint density at radius 3 is 3.00 bits per heavy atom. The Balaban J connectivity index is 2.48. The number of hydrogen-bond acceptors (Lipinski definition) is 3. The van der Waals surface area contributed by atoms with Gasteiger partial charge in [-0.2, -0.15) is 0 Å². The van der Waals surface area contributed by atoms with Crippen molar-refractivity contribution in [2.24, 2.45) is 0 Å². The van der Waals surface area contributed by atoms with Gasteiger partial charge in [0.1, 0.15) is 5.75 Å². The number of phenolic OH excluding ortho intramolecular Hbond substituents is 1. The highest BCUT2D eigenvalue weighted by Gasteiger charge is 2.17. The molecule has 1 heterocycles. The van der Waals surface area contributed by atoms with Gasteiger partial charge in [-0.15, -0.1) is 0 Å². The summed E-state index contributed by atoms with van der Waals surface area (Å²) in [6.07, 6.45) is 1.000. The number of benzene rings is 1. The summed E-state index contributed by atoms with van der Waals surface area (Å²) in [4.78, 5) is 2.18. The topological polar surface area (TPSA) is 49.5 Å². The van der Waals surface area contributed by atoms with Gasteiger partial charge in [0, 0.05) is 18.7 Å². The number of nitrogens with two attached hydrogens (primary N) is 1. The molecule has 1 aliphatic rings. The molecule has 0 saturated heterocycles. The van der Waals surface area contributed by atoms with Gasteiger partial charge in [-0.1, -0.05) is 6.07 Å². The van der Waals surface area contributed by atoms with Crippen LogP contribution in [0, 0.1) is 0 Å². The van der Waals surface area contributed by atoms with Crippen LogP contribution >= 0.6 is 0 Å². The number of hydrogen-bond donors (Lipinski definition) is 2. The number of fused-ring (bicyclic) bond motifs is 1. The summed E-state index contributed by atoms with van der Waals surface area (Å²) in [7, 11) is 2.05. The fourth-order valence-corrected chi connectivity index (χ4v) is 1.77. The van der Waals surface area contributed by atoms with Crippen molar-refractivity contribution in [1.82, 2.24) is 4.90 Å². The van der Waals surface area contributed by atoms with Crippen molar-refractivity contribution < 1.29 is 5.11 Å². The predicted octanol–water partition coefficient (Wildman–Crippen LogP) is 0.962. The first-order valence-electron chi connectivity index (χ1n) is 4.46. The molecule has 3 nitrogen and oxygen atoms in total. The van der Waals surface area contributed by atoms with E-state index in [1.54, 1.807) is 6.07 Å². The molecule has 0 fully saturated rings. The summed E-state index contributed by atoms with van der Waals surface area (Å²) in [6, 6.07) is 3.79. The van der Waals surface area contributed by atoms with Crippen LogP contribution in [0.15, 0.2) is 12.1 Å². The van der Waals surface area contributed by atoms with Crippen molar-refractivity contribution in [3.63, 3.8) is 0 Å². The second kappa shape index (κ2) is 2.92. The van der Waals surface area contributed by atoms with Gasteiger partial charge in [0.2, 0.25) is 0 Å². The maximum absolute atomic E-state index is 9.71. The molecule has 3 N–H and O–H groups in total. The van der Waals surface area contributed by atoms with Gasteiger partial charge in [-0.05, 0) is 25.1 Å². The summed E-state index contributed by atoms with van der Waals surface area (Å²) in [5.74, 6) is 0.268. The smallest absolute Gasteiger partial charge is 0.143 e. The lowest BCUT2D eigenvalue weighted by Crippen LogP contribution is -2.26. The van der Waals surface area contributed by atoms with Gasteiger partial charge in [-0.3, -0.25) is 0 Å². The highest BCUT2D eigenvalue weighted by molar-refractivity contribution is 5.59. The summed E-state index contributed by atoms with van der Waals surface area (Å²) < 4.78 is 0. The second-order valence-corrected chi connectivity index (χ2v) is 3.63. The molecule has 0 bridgehead atoms. The highest BCUT2D eigenvalue weighted by Crippen LogP contribution is 2.31. The van der Waals surface area contributed by atoms with Gasteiger partial charge in [0.25, 0.3) is 0 Å². The molecule has 1 aromatic rings. The molecule has 0 radical (unpaired) electrons. The Kier molecular flexibility index (Phi) is 1.88. The predicted molar refractivity (Wildman–Crippen MR) is 52.6 cm³/mol. The van der Waals surface area contributed by atoms with Crippen LogP contribution in [0.3, 0.4) is 0 Å². The number of nitrogens with zero attached hydrogens (tertiary/aromatic N) is 1. The Morgan fingerprint density at radius 1 is 1.46 bits per heavy atom. The molecule has 70 valence electrons. The number of likely N-dealkylation sites (N-methyl/N-ethyl adjacent to an activating group) is 1. The number of nitrogen functional groups attached to an aromatic ring is 1.